The van der Waals surface area contributed by atoms with Gasteiger partial charge in [0.1, 0.15) is 6.61 Å². The van der Waals surface area contributed by atoms with E-state index in [-0.39, 0.29) is 12.2 Å². The monoisotopic (exact) mass is 443 g/mol. The van der Waals surface area contributed by atoms with E-state index in [1.54, 1.807) is 37.6 Å². The Morgan fingerprint density at radius 3 is 2.39 bits per heavy atom. The van der Waals surface area contributed by atoms with Crippen LogP contribution in [0.1, 0.15) is 65.1 Å². The first-order valence-electron chi connectivity index (χ1n) is 11.4. The van der Waals surface area contributed by atoms with Gasteiger partial charge in [-0.25, -0.2) is 4.79 Å². The fourth-order valence-corrected chi connectivity index (χ4v) is 4.26. The molecule has 5 heteroatoms. The molecule has 1 saturated carbocycles. The molecule has 0 aliphatic heterocycles. The van der Waals surface area contributed by atoms with Gasteiger partial charge in [-0.1, -0.05) is 49.6 Å². The van der Waals surface area contributed by atoms with Gasteiger partial charge in [-0.3, -0.25) is 4.99 Å². The van der Waals surface area contributed by atoms with Crippen LogP contribution in [-0.4, -0.2) is 24.4 Å². The van der Waals surface area contributed by atoms with Crippen molar-refractivity contribution in [1.82, 2.24) is 0 Å². The van der Waals surface area contributed by atoms with E-state index in [4.69, 9.17) is 14.6 Å². The maximum atomic E-state index is 11.0. The summed E-state index contributed by atoms with van der Waals surface area (Å²) >= 11 is 0. The molecule has 33 heavy (non-hydrogen) atoms. The van der Waals surface area contributed by atoms with E-state index in [2.05, 4.69) is 29.3 Å². The second kappa shape index (κ2) is 10.8. The molecule has 0 amide bonds. The number of aliphatic imine (C=N–C) groups is 1. The number of hydrogen-bond acceptors (Lipinski definition) is 4. The van der Waals surface area contributed by atoms with Crippen LogP contribution in [0.3, 0.4) is 0 Å². The highest BCUT2D eigenvalue weighted by Gasteiger charge is 2.15. The van der Waals surface area contributed by atoms with Gasteiger partial charge in [0, 0.05) is 11.8 Å². The highest BCUT2D eigenvalue weighted by atomic mass is 16.5. The summed E-state index contributed by atoms with van der Waals surface area (Å²) in [6, 6.07) is 20.9. The lowest BCUT2D eigenvalue weighted by atomic mass is 9.84. The Labute approximate surface area is 194 Å². The number of para-hydroxylation sites is 1. The molecule has 1 aliphatic carbocycles. The van der Waals surface area contributed by atoms with Gasteiger partial charge >= 0.3 is 5.97 Å². The zero-order valence-electron chi connectivity index (χ0n) is 18.9. The predicted octanol–water partition coefficient (Wildman–Crippen LogP) is 6.77. The standard InChI is InChI=1S/C28H29NO4/c1-32-26-9-5-8-24(27(26)33-19-20-10-12-23(13-11-20)28(30)31)18-29-25-16-14-22(15-17-25)21-6-3-2-4-7-21/h5,8-18,21H,2-4,6-7,19H2,1H3,(H,30,31). The number of hydrogen-bond donors (Lipinski definition) is 1. The molecule has 4 rings (SSSR count). The van der Waals surface area contributed by atoms with E-state index in [0.29, 0.717) is 17.4 Å². The zero-order chi connectivity index (χ0) is 23.0. The molecule has 0 radical (unpaired) electrons. The number of rotatable bonds is 8. The minimum absolute atomic E-state index is 0.248. The Morgan fingerprint density at radius 1 is 1.00 bits per heavy atom. The maximum absolute atomic E-state index is 11.0. The largest absolute Gasteiger partial charge is 0.493 e. The van der Waals surface area contributed by atoms with Crippen LogP contribution >= 0.6 is 0 Å². The summed E-state index contributed by atoms with van der Waals surface area (Å²) in [6.45, 7) is 0.289. The Morgan fingerprint density at radius 2 is 1.73 bits per heavy atom. The summed E-state index contributed by atoms with van der Waals surface area (Å²) < 4.78 is 11.6. The normalized spacial score (nSPS) is 14.3. The van der Waals surface area contributed by atoms with Crippen LogP contribution in [0.15, 0.2) is 71.7 Å². The average molecular weight is 444 g/mol. The number of carbonyl (C=O) groups is 1. The van der Waals surface area contributed by atoms with Crippen molar-refractivity contribution in [1.29, 1.82) is 0 Å². The zero-order valence-corrected chi connectivity index (χ0v) is 18.9. The maximum Gasteiger partial charge on any atom is 0.335 e. The molecule has 1 N–H and O–H groups in total. The molecular weight excluding hydrogens is 414 g/mol. The van der Waals surface area contributed by atoms with Gasteiger partial charge in [0.05, 0.1) is 18.4 Å². The Hall–Kier alpha value is -3.60. The molecule has 0 aromatic heterocycles. The third-order valence-electron chi connectivity index (χ3n) is 6.14. The number of methoxy groups -OCH3 is 1. The molecule has 1 fully saturated rings. The van der Waals surface area contributed by atoms with Crippen molar-refractivity contribution in [3.63, 3.8) is 0 Å². The van der Waals surface area contributed by atoms with Gasteiger partial charge in [-0.15, -0.1) is 0 Å². The van der Waals surface area contributed by atoms with Crippen molar-refractivity contribution in [3.05, 3.63) is 89.0 Å². The van der Waals surface area contributed by atoms with Crippen molar-refractivity contribution in [3.8, 4) is 11.5 Å². The molecular formula is C28H29NO4. The molecule has 170 valence electrons. The fraction of sp³-hybridized carbons (Fsp3) is 0.286. The molecule has 0 bridgehead atoms. The summed E-state index contributed by atoms with van der Waals surface area (Å²) in [5, 5.41) is 9.06. The molecule has 1 aliphatic rings. The number of benzene rings is 3. The van der Waals surface area contributed by atoms with Crippen LogP contribution in [0.4, 0.5) is 5.69 Å². The quantitative estimate of drug-likeness (QED) is 0.390. The summed E-state index contributed by atoms with van der Waals surface area (Å²) in [7, 11) is 1.61. The molecule has 3 aromatic rings. The minimum Gasteiger partial charge on any atom is -0.493 e. The van der Waals surface area contributed by atoms with E-state index in [1.165, 1.54) is 37.7 Å². The number of ether oxygens (including phenoxy) is 2. The second-order valence-corrected chi connectivity index (χ2v) is 8.35. The highest BCUT2D eigenvalue weighted by molar-refractivity contribution is 5.88. The molecule has 0 unspecified atom stereocenters. The van der Waals surface area contributed by atoms with E-state index >= 15 is 0 Å². The molecule has 0 heterocycles. The van der Waals surface area contributed by atoms with Crippen LogP contribution in [0, 0.1) is 0 Å². The van der Waals surface area contributed by atoms with Crippen molar-refractivity contribution in [2.75, 3.05) is 7.11 Å². The molecule has 0 saturated heterocycles. The topological polar surface area (TPSA) is 68.1 Å². The van der Waals surface area contributed by atoms with Crippen LogP contribution in [-0.2, 0) is 6.61 Å². The summed E-state index contributed by atoms with van der Waals surface area (Å²) in [4.78, 5) is 15.7. The Bertz CT molecular complexity index is 1100. The SMILES string of the molecule is COc1cccc(C=Nc2ccc(C3CCCCC3)cc2)c1OCc1ccc(C(=O)O)cc1. The van der Waals surface area contributed by atoms with Gasteiger partial charge < -0.3 is 14.6 Å². The number of carboxylic acid groups (broad SMARTS) is 1. The minimum atomic E-state index is -0.947. The van der Waals surface area contributed by atoms with Crippen LogP contribution < -0.4 is 9.47 Å². The molecule has 0 atom stereocenters. The summed E-state index contributed by atoms with van der Waals surface area (Å²) in [5.74, 6) is 0.954. The second-order valence-electron chi connectivity index (χ2n) is 8.35. The van der Waals surface area contributed by atoms with Gasteiger partial charge in [0.2, 0.25) is 0 Å². The summed E-state index contributed by atoms with van der Waals surface area (Å²) in [6.07, 6.45) is 8.37. The van der Waals surface area contributed by atoms with E-state index in [1.807, 2.05) is 18.2 Å². The Balaban J connectivity index is 1.48. The number of aromatic carboxylic acids is 1. The first kappa shape index (κ1) is 22.6. The van der Waals surface area contributed by atoms with Gasteiger partial charge in [-0.2, -0.15) is 0 Å². The van der Waals surface area contributed by atoms with Gasteiger partial charge in [-0.05, 0) is 66.3 Å². The number of carboxylic acids is 1. The number of nitrogens with zero attached hydrogens (tertiary/aromatic N) is 1. The van der Waals surface area contributed by atoms with E-state index in [9.17, 15) is 4.79 Å². The van der Waals surface area contributed by atoms with Crippen molar-refractivity contribution < 1.29 is 19.4 Å². The molecule has 0 spiro atoms. The van der Waals surface area contributed by atoms with Crippen LogP contribution in [0.2, 0.25) is 0 Å². The third-order valence-corrected chi connectivity index (χ3v) is 6.14. The van der Waals surface area contributed by atoms with Crippen molar-refractivity contribution >= 4 is 17.9 Å². The van der Waals surface area contributed by atoms with Crippen molar-refractivity contribution in [2.24, 2.45) is 4.99 Å². The van der Waals surface area contributed by atoms with Gasteiger partial charge in [0.15, 0.2) is 11.5 Å². The fourth-order valence-electron chi connectivity index (χ4n) is 4.26. The van der Waals surface area contributed by atoms with Crippen LogP contribution in [0.5, 0.6) is 11.5 Å². The lowest BCUT2D eigenvalue weighted by Crippen LogP contribution is -2.03. The molecule has 5 nitrogen and oxygen atoms in total. The van der Waals surface area contributed by atoms with E-state index < -0.39 is 5.97 Å². The average Bonchev–Trinajstić information content (AvgIpc) is 2.87. The molecule has 3 aromatic carbocycles. The first-order chi connectivity index (χ1) is 16.1. The first-order valence-corrected chi connectivity index (χ1v) is 11.4. The van der Waals surface area contributed by atoms with Crippen LogP contribution in [0.25, 0.3) is 0 Å². The van der Waals surface area contributed by atoms with E-state index in [0.717, 1.165) is 16.8 Å². The lowest BCUT2D eigenvalue weighted by molar-refractivity contribution is 0.0697. The lowest BCUT2D eigenvalue weighted by Gasteiger charge is -2.21. The van der Waals surface area contributed by atoms with Crippen molar-refractivity contribution in [2.45, 2.75) is 44.6 Å². The van der Waals surface area contributed by atoms with Gasteiger partial charge in [0.25, 0.3) is 0 Å². The third kappa shape index (κ3) is 5.80. The Kier molecular flexibility index (Phi) is 7.40. The smallest absolute Gasteiger partial charge is 0.335 e. The highest BCUT2D eigenvalue weighted by Crippen LogP contribution is 2.34. The predicted molar refractivity (Wildman–Crippen MR) is 130 cm³/mol. The summed E-state index contributed by atoms with van der Waals surface area (Å²) in [5.41, 5.74) is 4.24.